The molecule has 1 aromatic carbocycles. The maximum atomic E-state index is 12.2. The van der Waals surface area contributed by atoms with Crippen LogP contribution in [0.5, 0.6) is 0 Å². The fraction of sp³-hybridized carbons (Fsp3) is 0.500. The minimum Gasteiger partial charge on any atom is -0.273 e. The van der Waals surface area contributed by atoms with Crippen molar-refractivity contribution in [3.8, 4) is 0 Å². The van der Waals surface area contributed by atoms with E-state index in [1.807, 2.05) is 6.07 Å². The van der Waals surface area contributed by atoms with Gasteiger partial charge < -0.3 is 0 Å². The second kappa shape index (κ2) is 4.63. The van der Waals surface area contributed by atoms with Crippen LogP contribution in [-0.4, -0.2) is 14.3 Å². The molecule has 2 rings (SSSR count). The van der Waals surface area contributed by atoms with Gasteiger partial charge in [0, 0.05) is 5.41 Å². The van der Waals surface area contributed by atoms with Gasteiger partial charge in [-0.2, -0.15) is 0 Å². The maximum absolute atomic E-state index is 12.2. The number of hydrogen-bond acceptors (Lipinski definition) is 3. The zero-order valence-corrected chi connectivity index (χ0v) is 12.3. The van der Waals surface area contributed by atoms with Crippen molar-refractivity contribution in [1.29, 1.82) is 0 Å². The first kappa shape index (κ1) is 14.1. The van der Waals surface area contributed by atoms with Crippen molar-refractivity contribution in [2.45, 2.75) is 44.9 Å². The van der Waals surface area contributed by atoms with Gasteiger partial charge in [-0.3, -0.25) is 4.79 Å². The molecule has 0 unspecified atom stereocenters. The van der Waals surface area contributed by atoms with Crippen molar-refractivity contribution in [2.24, 2.45) is 5.41 Å². The first-order chi connectivity index (χ1) is 8.70. The molecule has 0 aromatic heterocycles. The maximum Gasteiger partial charge on any atom is 0.264 e. The summed E-state index contributed by atoms with van der Waals surface area (Å²) in [6.45, 7) is 5.04. The van der Waals surface area contributed by atoms with Gasteiger partial charge >= 0.3 is 0 Å². The van der Waals surface area contributed by atoms with E-state index < -0.39 is 21.3 Å². The monoisotopic (exact) mass is 281 g/mol. The summed E-state index contributed by atoms with van der Waals surface area (Å²) >= 11 is 0. The molecule has 0 radical (unpaired) electrons. The number of benzene rings is 1. The highest BCUT2D eigenvalue weighted by Gasteiger charge is 2.27. The highest BCUT2D eigenvalue weighted by molar-refractivity contribution is 7.90. The van der Waals surface area contributed by atoms with E-state index in [1.54, 1.807) is 32.9 Å². The molecule has 0 fully saturated rings. The lowest BCUT2D eigenvalue weighted by molar-refractivity contribution is -0.126. The Bertz CT molecular complexity index is 612. The molecule has 1 amide bonds. The largest absolute Gasteiger partial charge is 0.273 e. The number of rotatable bonds is 2. The molecule has 1 aliphatic rings. The number of amides is 1. The van der Waals surface area contributed by atoms with Crippen LogP contribution in [0.3, 0.4) is 0 Å². The molecule has 0 heterocycles. The van der Waals surface area contributed by atoms with Crippen LogP contribution in [0.2, 0.25) is 0 Å². The highest BCUT2D eigenvalue weighted by atomic mass is 32.2. The topological polar surface area (TPSA) is 63.2 Å². The van der Waals surface area contributed by atoms with E-state index in [9.17, 15) is 13.2 Å². The Balaban J connectivity index is 2.28. The summed E-state index contributed by atoms with van der Waals surface area (Å²) in [4.78, 5) is 12.0. The molecule has 1 N–H and O–H groups in total. The molecule has 5 heteroatoms. The number of hydrogen-bond donors (Lipinski definition) is 1. The summed E-state index contributed by atoms with van der Waals surface area (Å²) in [5.41, 5.74) is 1.55. The van der Waals surface area contributed by atoms with Crippen LogP contribution >= 0.6 is 0 Å². The zero-order chi connectivity index (χ0) is 14.3. The predicted octanol–water partition coefficient (Wildman–Crippen LogP) is 2.03. The van der Waals surface area contributed by atoms with E-state index in [2.05, 4.69) is 4.72 Å². The summed E-state index contributed by atoms with van der Waals surface area (Å²) < 4.78 is 26.5. The Hall–Kier alpha value is -1.36. The molecule has 0 saturated heterocycles. The van der Waals surface area contributed by atoms with Gasteiger partial charge in [-0.25, -0.2) is 13.1 Å². The Kier molecular flexibility index (Phi) is 3.43. The fourth-order valence-electron chi connectivity index (χ4n) is 2.05. The van der Waals surface area contributed by atoms with Gasteiger partial charge in [0.15, 0.2) is 0 Å². The molecule has 19 heavy (non-hydrogen) atoms. The molecule has 0 saturated carbocycles. The minimum atomic E-state index is -3.76. The summed E-state index contributed by atoms with van der Waals surface area (Å²) in [6, 6.07) is 5.10. The van der Waals surface area contributed by atoms with Crippen LogP contribution < -0.4 is 4.72 Å². The Morgan fingerprint density at radius 2 is 1.79 bits per heavy atom. The standard InChI is InChI=1S/C14H19NO3S/c1-14(2,3)13(16)15-19(17,18)12-8-7-10-5-4-6-11(10)9-12/h7-9H,4-6H2,1-3H3,(H,15,16). The lowest BCUT2D eigenvalue weighted by Gasteiger charge is -2.17. The van der Waals surface area contributed by atoms with E-state index in [4.69, 9.17) is 0 Å². The Labute approximate surface area is 114 Å². The number of fused-ring (bicyclic) bond motifs is 1. The third-order valence-corrected chi connectivity index (χ3v) is 4.62. The van der Waals surface area contributed by atoms with Crippen molar-refractivity contribution in [2.75, 3.05) is 0 Å². The average Bonchev–Trinajstić information content (AvgIpc) is 2.73. The number of carbonyl (C=O) groups excluding carboxylic acids is 1. The molecular formula is C14H19NO3S. The van der Waals surface area contributed by atoms with E-state index in [0.717, 1.165) is 24.8 Å². The quantitative estimate of drug-likeness (QED) is 0.902. The van der Waals surface area contributed by atoms with E-state index in [0.29, 0.717) is 0 Å². The van der Waals surface area contributed by atoms with Crippen LogP contribution in [0.4, 0.5) is 0 Å². The first-order valence-electron chi connectivity index (χ1n) is 6.39. The van der Waals surface area contributed by atoms with Gasteiger partial charge in [0.05, 0.1) is 4.90 Å². The second-order valence-electron chi connectivity index (χ2n) is 5.97. The number of sulfonamides is 1. The molecule has 1 aromatic rings. The van der Waals surface area contributed by atoms with Crippen LogP contribution in [-0.2, 0) is 27.7 Å². The van der Waals surface area contributed by atoms with Crippen molar-refractivity contribution in [1.82, 2.24) is 4.72 Å². The summed E-state index contributed by atoms with van der Waals surface area (Å²) in [5.74, 6) is -0.493. The van der Waals surface area contributed by atoms with Crippen LogP contribution in [0.25, 0.3) is 0 Å². The molecule has 4 nitrogen and oxygen atoms in total. The molecule has 0 spiro atoms. The number of aryl methyl sites for hydroxylation is 2. The molecule has 104 valence electrons. The van der Waals surface area contributed by atoms with Crippen LogP contribution in [0, 0.1) is 5.41 Å². The van der Waals surface area contributed by atoms with Crippen molar-refractivity contribution in [3.63, 3.8) is 0 Å². The van der Waals surface area contributed by atoms with Crippen LogP contribution in [0.15, 0.2) is 23.1 Å². The molecular weight excluding hydrogens is 262 g/mol. The zero-order valence-electron chi connectivity index (χ0n) is 11.5. The van der Waals surface area contributed by atoms with E-state index in [-0.39, 0.29) is 4.90 Å². The summed E-state index contributed by atoms with van der Waals surface area (Å²) in [5, 5.41) is 0. The first-order valence-corrected chi connectivity index (χ1v) is 7.87. The molecule has 1 aliphatic carbocycles. The lowest BCUT2D eigenvalue weighted by Crippen LogP contribution is -2.38. The minimum absolute atomic E-state index is 0.172. The van der Waals surface area contributed by atoms with E-state index >= 15 is 0 Å². The van der Waals surface area contributed by atoms with Crippen molar-refractivity contribution < 1.29 is 13.2 Å². The lowest BCUT2D eigenvalue weighted by atomic mass is 9.96. The van der Waals surface area contributed by atoms with Gasteiger partial charge in [0.25, 0.3) is 10.0 Å². The van der Waals surface area contributed by atoms with Gasteiger partial charge in [-0.15, -0.1) is 0 Å². The summed E-state index contributed by atoms with van der Waals surface area (Å²) in [6.07, 6.45) is 2.98. The second-order valence-corrected chi connectivity index (χ2v) is 7.65. The SMILES string of the molecule is CC(C)(C)C(=O)NS(=O)(=O)c1ccc2c(c1)CCC2. The smallest absolute Gasteiger partial charge is 0.264 e. The predicted molar refractivity (Wildman–Crippen MR) is 73.3 cm³/mol. The third-order valence-electron chi connectivity index (χ3n) is 3.29. The molecule has 0 atom stereocenters. The average molecular weight is 281 g/mol. The van der Waals surface area contributed by atoms with Gasteiger partial charge in [-0.1, -0.05) is 26.8 Å². The number of carbonyl (C=O) groups is 1. The normalized spacial score (nSPS) is 15.1. The Morgan fingerprint density at radius 1 is 1.16 bits per heavy atom. The number of nitrogens with one attached hydrogen (secondary N) is 1. The van der Waals surface area contributed by atoms with E-state index in [1.165, 1.54) is 5.56 Å². The molecule has 0 aliphatic heterocycles. The third kappa shape index (κ3) is 2.97. The van der Waals surface area contributed by atoms with Gasteiger partial charge in [0.2, 0.25) is 5.91 Å². The summed E-state index contributed by atoms with van der Waals surface area (Å²) in [7, 11) is -3.76. The van der Waals surface area contributed by atoms with Crippen LogP contribution in [0.1, 0.15) is 38.3 Å². The van der Waals surface area contributed by atoms with Crippen molar-refractivity contribution >= 4 is 15.9 Å². The fourth-order valence-corrected chi connectivity index (χ4v) is 3.26. The van der Waals surface area contributed by atoms with Crippen molar-refractivity contribution in [3.05, 3.63) is 29.3 Å². The molecule has 0 bridgehead atoms. The Morgan fingerprint density at radius 3 is 2.42 bits per heavy atom. The highest BCUT2D eigenvalue weighted by Crippen LogP contribution is 2.25. The van der Waals surface area contributed by atoms with Gasteiger partial charge in [-0.05, 0) is 42.5 Å². The van der Waals surface area contributed by atoms with Gasteiger partial charge in [0.1, 0.15) is 0 Å².